The lowest BCUT2D eigenvalue weighted by atomic mass is 9.96. The second-order valence-corrected chi connectivity index (χ2v) is 7.37. The van der Waals surface area contributed by atoms with Gasteiger partial charge in [0.05, 0.1) is 30.4 Å². The standard InChI is InChI=1S/C22H19FN6O2/c1-31-18-7-5-14(6-8-18)19-10-20(25-24-19)22(30)28-11-15(12-28)21-13-29(27-26-21)17-4-2-3-16(23)9-17/h2-10,13,15H,11-12H2,1H3,(H,24,25). The van der Waals surface area contributed by atoms with Crippen LogP contribution < -0.4 is 4.74 Å². The summed E-state index contributed by atoms with van der Waals surface area (Å²) in [6, 6.07) is 15.4. The summed E-state index contributed by atoms with van der Waals surface area (Å²) < 4.78 is 20.1. The molecule has 5 rings (SSSR count). The van der Waals surface area contributed by atoms with E-state index in [4.69, 9.17) is 4.74 Å². The van der Waals surface area contributed by atoms with Crippen molar-refractivity contribution in [2.75, 3.05) is 20.2 Å². The molecule has 3 heterocycles. The molecule has 31 heavy (non-hydrogen) atoms. The number of aromatic nitrogens is 5. The van der Waals surface area contributed by atoms with E-state index >= 15 is 0 Å². The minimum atomic E-state index is -0.330. The van der Waals surface area contributed by atoms with Crippen molar-refractivity contribution >= 4 is 5.91 Å². The molecule has 9 heteroatoms. The molecule has 2 aromatic heterocycles. The molecule has 0 spiro atoms. The number of aromatic amines is 1. The van der Waals surface area contributed by atoms with Crippen molar-refractivity contribution in [3.63, 3.8) is 0 Å². The predicted octanol–water partition coefficient (Wildman–Crippen LogP) is 3.04. The van der Waals surface area contributed by atoms with Gasteiger partial charge >= 0.3 is 0 Å². The number of amides is 1. The lowest BCUT2D eigenvalue weighted by molar-refractivity contribution is 0.0592. The van der Waals surface area contributed by atoms with Gasteiger partial charge in [0, 0.05) is 24.6 Å². The third kappa shape index (κ3) is 3.65. The molecule has 156 valence electrons. The lowest BCUT2D eigenvalue weighted by Crippen LogP contribution is -2.48. The molecular weight excluding hydrogens is 399 g/mol. The number of benzene rings is 2. The van der Waals surface area contributed by atoms with Gasteiger partial charge in [0.15, 0.2) is 0 Å². The Balaban J connectivity index is 1.23. The zero-order chi connectivity index (χ0) is 21.4. The summed E-state index contributed by atoms with van der Waals surface area (Å²) in [5, 5.41) is 15.4. The van der Waals surface area contributed by atoms with Crippen LogP contribution in [-0.4, -0.2) is 56.2 Å². The number of ether oxygens (including phenoxy) is 1. The van der Waals surface area contributed by atoms with Gasteiger partial charge in [-0.15, -0.1) is 5.10 Å². The van der Waals surface area contributed by atoms with E-state index in [1.165, 1.54) is 12.1 Å². The minimum Gasteiger partial charge on any atom is -0.497 e. The van der Waals surface area contributed by atoms with Gasteiger partial charge in [-0.1, -0.05) is 11.3 Å². The molecule has 0 bridgehead atoms. The van der Waals surface area contributed by atoms with E-state index in [0.717, 1.165) is 17.0 Å². The molecule has 0 saturated carbocycles. The summed E-state index contributed by atoms with van der Waals surface area (Å²) in [5.74, 6) is 0.413. The number of hydrogen-bond donors (Lipinski definition) is 1. The van der Waals surface area contributed by atoms with Crippen molar-refractivity contribution in [3.05, 3.63) is 78.0 Å². The van der Waals surface area contributed by atoms with Crippen molar-refractivity contribution in [1.82, 2.24) is 30.1 Å². The van der Waals surface area contributed by atoms with Gasteiger partial charge in [-0.2, -0.15) is 5.10 Å². The minimum absolute atomic E-state index is 0.0928. The maximum absolute atomic E-state index is 13.4. The van der Waals surface area contributed by atoms with Crippen molar-refractivity contribution in [3.8, 4) is 22.7 Å². The average Bonchev–Trinajstić information content (AvgIpc) is 3.43. The van der Waals surface area contributed by atoms with E-state index in [-0.39, 0.29) is 17.6 Å². The second-order valence-electron chi connectivity index (χ2n) is 7.37. The van der Waals surface area contributed by atoms with E-state index in [9.17, 15) is 9.18 Å². The van der Waals surface area contributed by atoms with Crippen molar-refractivity contribution in [1.29, 1.82) is 0 Å². The molecule has 0 radical (unpaired) electrons. The van der Waals surface area contributed by atoms with Crippen LogP contribution in [0.1, 0.15) is 22.1 Å². The normalized spacial score (nSPS) is 13.8. The first-order chi connectivity index (χ1) is 15.1. The number of hydrogen-bond acceptors (Lipinski definition) is 5. The number of methoxy groups -OCH3 is 1. The average molecular weight is 418 g/mol. The molecule has 1 N–H and O–H groups in total. The third-order valence-electron chi connectivity index (χ3n) is 5.36. The lowest BCUT2D eigenvalue weighted by Gasteiger charge is -2.37. The van der Waals surface area contributed by atoms with Crippen LogP contribution in [0.15, 0.2) is 60.8 Å². The number of carbonyl (C=O) groups is 1. The number of rotatable bonds is 5. The number of halogens is 1. The number of likely N-dealkylation sites (tertiary alicyclic amines) is 1. The molecule has 0 atom stereocenters. The summed E-state index contributed by atoms with van der Waals surface area (Å²) in [4.78, 5) is 14.5. The SMILES string of the molecule is COc1ccc(-c2cc(C(=O)N3CC(c4cn(-c5cccc(F)c5)nn4)C3)[nH]n2)cc1. The molecular formula is C22H19FN6O2. The molecule has 1 amide bonds. The van der Waals surface area contributed by atoms with Gasteiger partial charge in [-0.05, 0) is 48.5 Å². The maximum Gasteiger partial charge on any atom is 0.271 e. The molecule has 1 aliphatic heterocycles. The van der Waals surface area contributed by atoms with Crippen LogP contribution in [0.2, 0.25) is 0 Å². The second kappa shape index (κ2) is 7.67. The van der Waals surface area contributed by atoms with E-state index in [1.807, 2.05) is 24.3 Å². The van der Waals surface area contributed by atoms with Crippen molar-refractivity contribution < 1.29 is 13.9 Å². The number of carbonyl (C=O) groups excluding carboxylic acids is 1. The monoisotopic (exact) mass is 418 g/mol. The fourth-order valence-corrected chi connectivity index (χ4v) is 3.55. The summed E-state index contributed by atoms with van der Waals surface area (Å²) in [6.45, 7) is 1.08. The van der Waals surface area contributed by atoms with E-state index < -0.39 is 0 Å². The van der Waals surface area contributed by atoms with E-state index in [1.54, 1.807) is 41.1 Å². The third-order valence-corrected chi connectivity index (χ3v) is 5.36. The molecule has 1 saturated heterocycles. The predicted molar refractivity (Wildman–Crippen MR) is 111 cm³/mol. The Morgan fingerprint density at radius 2 is 1.97 bits per heavy atom. The van der Waals surface area contributed by atoms with Crippen LogP contribution in [0.25, 0.3) is 16.9 Å². The first-order valence-electron chi connectivity index (χ1n) is 9.78. The molecule has 1 fully saturated rings. The van der Waals surface area contributed by atoms with Crippen LogP contribution >= 0.6 is 0 Å². The quantitative estimate of drug-likeness (QED) is 0.538. The Morgan fingerprint density at radius 1 is 1.16 bits per heavy atom. The topological polar surface area (TPSA) is 88.9 Å². The Morgan fingerprint density at radius 3 is 2.71 bits per heavy atom. The Bertz CT molecular complexity index is 1230. The van der Waals surface area contributed by atoms with Crippen LogP contribution in [0.5, 0.6) is 5.75 Å². The van der Waals surface area contributed by atoms with E-state index in [0.29, 0.717) is 30.2 Å². The fraction of sp³-hybridized carbons (Fsp3) is 0.182. The Labute approximate surface area is 177 Å². The van der Waals surface area contributed by atoms with Gasteiger partial charge < -0.3 is 9.64 Å². The highest BCUT2D eigenvalue weighted by Crippen LogP contribution is 2.28. The summed E-state index contributed by atoms with van der Waals surface area (Å²) in [5.41, 5.74) is 3.41. The molecule has 2 aromatic carbocycles. The zero-order valence-electron chi connectivity index (χ0n) is 16.7. The number of nitrogens with zero attached hydrogens (tertiary/aromatic N) is 5. The van der Waals surface area contributed by atoms with Gasteiger partial charge in [0.25, 0.3) is 5.91 Å². The first-order valence-corrected chi connectivity index (χ1v) is 9.78. The van der Waals surface area contributed by atoms with Gasteiger partial charge in [0.1, 0.15) is 17.3 Å². The Kier molecular flexibility index (Phi) is 4.70. The van der Waals surface area contributed by atoms with Gasteiger partial charge in [-0.3, -0.25) is 9.89 Å². The van der Waals surface area contributed by atoms with Crippen molar-refractivity contribution in [2.24, 2.45) is 0 Å². The smallest absolute Gasteiger partial charge is 0.271 e. The van der Waals surface area contributed by atoms with Crippen LogP contribution in [0.3, 0.4) is 0 Å². The highest BCUT2D eigenvalue weighted by atomic mass is 19.1. The molecule has 0 unspecified atom stereocenters. The molecule has 0 aliphatic carbocycles. The van der Waals surface area contributed by atoms with Crippen LogP contribution in [0, 0.1) is 5.82 Å². The highest BCUT2D eigenvalue weighted by molar-refractivity contribution is 5.94. The van der Waals surface area contributed by atoms with Gasteiger partial charge in [0.2, 0.25) is 0 Å². The summed E-state index contributed by atoms with van der Waals surface area (Å²) in [6.07, 6.45) is 1.78. The van der Waals surface area contributed by atoms with Crippen LogP contribution in [0.4, 0.5) is 4.39 Å². The number of H-pyrrole nitrogens is 1. The molecule has 8 nitrogen and oxygen atoms in total. The fourth-order valence-electron chi connectivity index (χ4n) is 3.55. The largest absolute Gasteiger partial charge is 0.497 e. The first kappa shape index (κ1) is 19.0. The van der Waals surface area contributed by atoms with E-state index in [2.05, 4.69) is 20.5 Å². The highest BCUT2D eigenvalue weighted by Gasteiger charge is 2.35. The molecule has 4 aromatic rings. The van der Waals surface area contributed by atoms with Gasteiger partial charge in [-0.25, -0.2) is 9.07 Å². The Hall–Kier alpha value is -4.01. The number of nitrogens with one attached hydrogen (secondary N) is 1. The van der Waals surface area contributed by atoms with Crippen molar-refractivity contribution in [2.45, 2.75) is 5.92 Å². The summed E-state index contributed by atoms with van der Waals surface area (Å²) in [7, 11) is 1.61. The zero-order valence-corrected chi connectivity index (χ0v) is 16.7. The van der Waals surface area contributed by atoms with Crippen LogP contribution in [-0.2, 0) is 0 Å². The molecule has 1 aliphatic rings. The maximum atomic E-state index is 13.4. The summed E-state index contributed by atoms with van der Waals surface area (Å²) >= 11 is 0.